The number of nitrogens with one attached hydrogen (secondary N) is 3. The van der Waals surface area contributed by atoms with Crippen LogP contribution in [0.25, 0.3) is 0 Å². The molecular formula is C14H21N7. The van der Waals surface area contributed by atoms with E-state index in [0.29, 0.717) is 18.0 Å². The number of hydrogen-bond acceptors (Lipinski definition) is 6. The summed E-state index contributed by atoms with van der Waals surface area (Å²) in [6, 6.07) is 4.51. The molecule has 0 radical (unpaired) electrons. The van der Waals surface area contributed by atoms with Gasteiger partial charge >= 0.3 is 0 Å². The van der Waals surface area contributed by atoms with Crippen LogP contribution < -0.4 is 16.4 Å². The predicted octanol–water partition coefficient (Wildman–Crippen LogP) is 1.93. The fraction of sp³-hybridized carbons (Fsp3) is 0.500. The fourth-order valence-corrected chi connectivity index (χ4v) is 2.56. The lowest BCUT2D eigenvalue weighted by Crippen LogP contribution is -2.33. The number of aromatic amines is 1. The lowest BCUT2D eigenvalue weighted by molar-refractivity contribution is 0.410. The average molecular weight is 287 g/mol. The quantitative estimate of drug-likeness (QED) is 0.685. The Balaban J connectivity index is 1.63. The normalized spacial score (nSPS) is 22.0. The highest BCUT2D eigenvalue weighted by Crippen LogP contribution is 2.20. The standard InChI is InChI=1S/C14H21N7/c1-9-8-13(21-20-9)18-12-6-7-16-14(19-12)17-11-4-2-10(15)3-5-11/h6-8,10-11H,2-5,15H2,1H3,(H3,16,17,18,19,20,21). The Labute approximate surface area is 123 Å². The Kier molecular flexibility index (Phi) is 4.01. The van der Waals surface area contributed by atoms with Crippen molar-refractivity contribution in [2.75, 3.05) is 10.6 Å². The molecule has 0 atom stereocenters. The van der Waals surface area contributed by atoms with Gasteiger partial charge in [0.15, 0.2) is 5.82 Å². The van der Waals surface area contributed by atoms with Gasteiger partial charge in [-0.15, -0.1) is 0 Å². The summed E-state index contributed by atoms with van der Waals surface area (Å²) in [5.74, 6) is 2.13. The summed E-state index contributed by atoms with van der Waals surface area (Å²) in [4.78, 5) is 8.75. The summed E-state index contributed by atoms with van der Waals surface area (Å²) in [6.07, 6.45) is 6.00. The number of hydrogen-bond donors (Lipinski definition) is 4. The van der Waals surface area contributed by atoms with Gasteiger partial charge in [0, 0.05) is 30.0 Å². The molecule has 1 saturated carbocycles. The van der Waals surface area contributed by atoms with Crippen LogP contribution in [-0.4, -0.2) is 32.2 Å². The van der Waals surface area contributed by atoms with Crippen LogP contribution in [0.2, 0.25) is 0 Å². The van der Waals surface area contributed by atoms with Gasteiger partial charge < -0.3 is 16.4 Å². The number of aromatic nitrogens is 4. The highest BCUT2D eigenvalue weighted by atomic mass is 15.2. The molecule has 0 spiro atoms. The second kappa shape index (κ2) is 6.09. The zero-order valence-electron chi connectivity index (χ0n) is 12.1. The third-order valence-corrected chi connectivity index (χ3v) is 3.72. The van der Waals surface area contributed by atoms with E-state index in [1.807, 2.05) is 19.1 Å². The molecule has 2 heterocycles. The number of anilines is 3. The van der Waals surface area contributed by atoms with E-state index >= 15 is 0 Å². The molecular weight excluding hydrogens is 266 g/mol. The first-order chi connectivity index (χ1) is 10.2. The smallest absolute Gasteiger partial charge is 0.224 e. The SMILES string of the molecule is Cc1cc(Nc2ccnc(NC3CCC(N)CC3)n2)n[nH]1. The molecule has 0 saturated heterocycles. The van der Waals surface area contributed by atoms with Gasteiger partial charge in [-0.05, 0) is 38.7 Å². The van der Waals surface area contributed by atoms with Crippen molar-refractivity contribution in [3.05, 3.63) is 24.0 Å². The van der Waals surface area contributed by atoms with Crippen LogP contribution in [0.5, 0.6) is 0 Å². The molecule has 7 heteroatoms. The summed E-state index contributed by atoms with van der Waals surface area (Å²) in [5, 5.41) is 13.6. The van der Waals surface area contributed by atoms with Gasteiger partial charge in [0.1, 0.15) is 5.82 Å². The van der Waals surface area contributed by atoms with E-state index in [1.54, 1.807) is 6.20 Å². The monoisotopic (exact) mass is 287 g/mol. The van der Waals surface area contributed by atoms with Gasteiger partial charge in [-0.25, -0.2) is 4.98 Å². The van der Waals surface area contributed by atoms with Crippen LogP contribution in [-0.2, 0) is 0 Å². The van der Waals surface area contributed by atoms with Crippen molar-refractivity contribution in [2.45, 2.75) is 44.7 Å². The number of nitrogens with zero attached hydrogens (tertiary/aromatic N) is 3. The summed E-state index contributed by atoms with van der Waals surface area (Å²) in [5.41, 5.74) is 6.93. The van der Waals surface area contributed by atoms with Gasteiger partial charge in [0.2, 0.25) is 5.95 Å². The molecule has 1 aliphatic carbocycles. The van der Waals surface area contributed by atoms with Crippen LogP contribution in [0.15, 0.2) is 18.3 Å². The minimum absolute atomic E-state index is 0.347. The Hall–Kier alpha value is -2.15. The zero-order chi connectivity index (χ0) is 14.7. The number of H-pyrrole nitrogens is 1. The summed E-state index contributed by atoms with van der Waals surface area (Å²) in [7, 11) is 0. The first kappa shape index (κ1) is 13.8. The second-order valence-corrected chi connectivity index (χ2v) is 5.58. The van der Waals surface area contributed by atoms with Gasteiger partial charge in [0.25, 0.3) is 0 Å². The summed E-state index contributed by atoms with van der Waals surface area (Å²) >= 11 is 0. The molecule has 0 aliphatic heterocycles. The van der Waals surface area contributed by atoms with Crippen LogP contribution >= 0.6 is 0 Å². The third-order valence-electron chi connectivity index (χ3n) is 3.72. The van der Waals surface area contributed by atoms with E-state index in [1.165, 1.54) is 0 Å². The van der Waals surface area contributed by atoms with Crippen LogP contribution in [0.1, 0.15) is 31.4 Å². The molecule has 0 aromatic carbocycles. The molecule has 21 heavy (non-hydrogen) atoms. The van der Waals surface area contributed by atoms with E-state index < -0.39 is 0 Å². The number of nitrogens with two attached hydrogens (primary N) is 1. The van der Waals surface area contributed by atoms with Crippen molar-refractivity contribution >= 4 is 17.6 Å². The minimum atomic E-state index is 0.347. The van der Waals surface area contributed by atoms with E-state index in [0.717, 1.165) is 43.0 Å². The molecule has 5 N–H and O–H groups in total. The maximum Gasteiger partial charge on any atom is 0.224 e. The van der Waals surface area contributed by atoms with Crippen molar-refractivity contribution < 1.29 is 0 Å². The lowest BCUT2D eigenvalue weighted by Gasteiger charge is -2.26. The molecule has 0 unspecified atom stereocenters. The zero-order valence-corrected chi connectivity index (χ0v) is 12.1. The molecule has 2 aromatic heterocycles. The Morgan fingerprint density at radius 1 is 1.24 bits per heavy atom. The van der Waals surface area contributed by atoms with Crippen LogP contribution in [0, 0.1) is 6.92 Å². The number of aryl methyl sites for hydroxylation is 1. The topological polar surface area (TPSA) is 105 Å². The Morgan fingerprint density at radius 3 is 2.76 bits per heavy atom. The molecule has 3 rings (SSSR count). The molecule has 1 fully saturated rings. The molecule has 0 bridgehead atoms. The third kappa shape index (κ3) is 3.69. The van der Waals surface area contributed by atoms with Crippen molar-refractivity contribution in [1.29, 1.82) is 0 Å². The lowest BCUT2D eigenvalue weighted by atomic mass is 9.92. The fourth-order valence-electron chi connectivity index (χ4n) is 2.56. The largest absolute Gasteiger partial charge is 0.351 e. The first-order valence-corrected chi connectivity index (χ1v) is 7.33. The van der Waals surface area contributed by atoms with Crippen LogP contribution in [0.3, 0.4) is 0 Å². The molecule has 0 amide bonds. The highest BCUT2D eigenvalue weighted by Gasteiger charge is 2.18. The van der Waals surface area contributed by atoms with Crippen molar-refractivity contribution in [2.24, 2.45) is 5.73 Å². The van der Waals surface area contributed by atoms with E-state index in [4.69, 9.17) is 5.73 Å². The van der Waals surface area contributed by atoms with Gasteiger partial charge in [-0.1, -0.05) is 0 Å². The Morgan fingerprint density at radius 2 is 2.05 bits per heavy atom. The van der Waals surface area contributed by atoms with E-state index in [2.05, 4.69) is 30.8 Å². The van der Waals surface area contributed by atoms with E-state index in [9.17, 15) is 0 Å². The predicted molar refractivity (Wildman–Crippen MR) is 82.5 cm³/mol. The molecule has 2 aromatic rings. The maximum absolute atomic E-state index is 5.92. The summed E-state index contributed by atoms with van der Waals surface area (Å²) < 4.78 is 0. The van der Waals surface area contributed by atoms with Gasteiger partial charge in [-0.3, -0.25) is 5.10 Å². The first-order valence-electron chi connectivity index (χ1n) is 7.33. The Bertz CT molecular complexity index is 587. The number of rotatable bonds is 4. The van der Waals surface area contributed by atoms with E-state index in [-0.39, 0.29) is 0 Å². The molecule has 1 aliphatic rings. The van der Waals surface area contributed by atoms with Crippen molar-refractivity contribution in [3.63, 3.8) is 0 Å². The van der Waals surface area contributed by atoms with Gasteiger partial charge in [0.05, 0.1) is 0 Å². The average Bonchev–Trinajstić information content (AvgIpc) is 2.87. The van der Waals surface area contributed by atoms with Crippen molar-refractivity contribution in [3.8, 4) is 0 Å². The maximum atomic E-state index is 5.92. The molecule has 7 nitrogen and oxygen atoms in total. The second-order valence-electron chi connectivity index (χ2n) is 5.58. The van der Waals surface area contributed by atoms with Crippen LogP contribution in [0.4, 0.5) is 17.6 Å². The molecule has 112 valence electrons. The minimum Gasteiger partial charge on any atom is -0.351 e. The van der Waals surface area contributed by atoms with Gasteiger partial charge in [-0.2, -0.15) is 10.1 Å². The summed E-state index contributed by atoms with van der Waals surface area (Å²) in [6.45, 7) is 1.96. The van der Waals surface area contributed by atoms with Crippen molar-refractivity contribution in [1.82, 2.24) is 20.2 Å². The highest BCUT2D eigenvalue weighted by molar-refractivity contribution is 5.52.